The van der Waals surface area contributed by atoms with Gasteiger partial charge in [-0.3, -0.25) is 4.68 Å². The van der Waals surface area contributed by atoms with Gasteiger partial charge in [-0.1, -0.05) is 19.1 Å². The van der Waals surface area contributed by atoms with Crippen LogP contribution in [0.15, 0.2) is 49.1 Å². The minimum atomic E-state index is 0.781. The van der Waals surface area contributed by atoms with E-state index in [-0.39, 0.29) is 0 Å². The van der Waals surface area contributed by atoms with Crippen LogP contribution in [0.5, 0.6) is 0 Å². The van der Waals surface area contributed by atoms with E-state index >= 15 is 0 Å². The standard InChI is InChI=1S/C16H19N5/c1-2-9-21-15(7-8-20-21)10-18-14-5-3-13(4-6-14)16-11-17-12-19-16/h3-8,11-12,18H,2,9-10H2,1H3,(H,17,19). The first-order chi connectivity index (χ1) is 10.4. The molecule has 0 saturated carbocycles. The van der Waals surface area contributed by atoms with Gasteiger partial charge < -0.3 is 10.3 Å². The van der Waals surface area contributed by atoms with E-state index < -0.39 is 0 Å². The molecule has 0 aliphatic carbocycles. The molecule has 108 valence electrons. The minimum Gasteiger partial charge on any atom is -0.379 e. The Hall–Kier alpha value is -2.56. The van der Waals surface area contributed by atoms with Gasteiger partial charge in [-0.25, -0.2) is 4.98 Å². The summed E-state index contributed by atoms with van der Waals surface area (Å²) in [7, 11) is 0. The third kappa shape index (κ3) is 3.13. The third-order valence-corrected chi connectivity index (χ3v) is 3.41. The first-order valence-corrected chi connectivity index (χ1v) is 7.20. The molecule has 2 N–H and O–H groups in total. The summed E-state index contributed by atoms with van der Waals surface area (Å²) in [5.41, 5.74) is 4.47. The van der Waals surface area contributed by atoms with Gasteiger partial charge in [-0.05, 0) is 30.2 Å². The van der Waals surface area contributed by atoms with E-state index in [1.165, 1.54) is 5.69 Å². The SMILES string of the molecule is CCCn1nccc1CNc1ccc(-c2cnc[nH]2)cc1. The van der Waals surface area contributed by atoms with Crippen molar-refractivity contribution in [2.24, 2.45) is 0 Å². The summed E-state index contributed by atoms with van der Waals surface area (Å²) in [5, 5.41) is 7.76. The molecule has 3 aromatic rings. The van der Waals surface area contributed by atoms with Gasteiger partial charge in [-0.15, -0.1) is 0 Å². The van der Waals surface area contributed by atoms with Crippen LogP contribution >= 0.6 is 0 Å². The van der Waals surface area contributed by atoms with Gasteiger partial charge in [0.25, 0.3) is 0 Å². The second-order valence-electron chi connectivity index (χ2n) is 4.94. The maximum atomic E-state index is 4.33. The topological polar surface area (TPSA) is 58.5 Å². The lowest BCUT2D eigenvalue weighted by Gasteiger charge is -2.09. The maximum absolute atomic E-state index is 4.33. The normalized spacial score (nSPS) is 10.7. The molecule has 2 heterocycles. The highest BCUT2D eigenvalue weighted by molar-refractivity contribution is 5.61. The van der Waals surface area contributed by atoms with E-state index in [9.17, 15) is 0 Å². The number of H-pyrrole nitrogens is 1. The van der Waals surface area contributed by atoms with Crippen molar-refractivity contribution < 1.29 is 0 Å². The van der Waals surface area contributed by atoms with Crippen LogP contribution in [0, 0.1) is 0 Å². The fourth-order valence-corrected chi connectivity index (χ4v) is 2.30. The second-order valence-corrected chi connectivity index (χ2v) is 4.94. The van der Waals surface area contributed by atoms with Gasteiger partial charge in [-0.2, -0.15) is 5.10 Å². The predicted octanol–water partition coefficient (Wildman–Crippen LogP) is 3.30. The van der Waals surface area contributed by atoms with Crippen LogP contribution in [-0.4, -0.2) is 19.7 Å². The fraction of sp³-hybridized carbons (Fsp3) is 0.250. The molecule has 2 aromatic heterocycles. The Balaban J connectivity index is 1.64. The summed E-state index contributed by atoms with van der Waals surface area (Å²) in [5.74, 6) is 0. The molecule has 0 bridgehead atoms. The second kappa shape index (κ2) is 6.26. The molecule has 0 saturated heterocycles. The Bertz CT molecular complexity index is 667. The predicted molar refractivity (Wildman–Crippen MR) is 83.9 cm³/mol. The Labute approximate surface area is 124 Å². The molecule has 0 spiro atoms. The van der Waals surface area contributed by atoms with Crippen molar-refractivity contribution in [3.05, 3.63) is 54.7 Å². The van der Waals surface area contributed by atoms with Crippen molar-refractivity contribution in [2.75, 3.05) is 5.32 Å². The molecule has 0 amide bonds. The molecule has 3 rings (SSSR count). The summed E-state index contributed by atoms with van der Waals surface area (Å²) in [6.45, 7) is 3.90. The highest BCUT2D eigenvalue weighted by Crippen LogP contribution is 2.19. The quantitative estimate of drug-likeness (QED) is 0.729. The highest BCUT2D eigenvalue weighted by atomic mass is 15.3. The fourth-order valence-electron chi connectivity index (χ4n) is 2.30. The van der Waals surface area contributed by atoms with Crippen LogP contribution in [0.4, 0.5) is 5.69 Å². The third-order valence-electron chi connectivity index (χ3n) is 3.41. The number of anilines is 1. The van der Waals surface area contributed by atoms with Crippen LogP contribution in [0.2, 0.25) is 0 Å². The van der Waals surface area contributed by atoms with E-state index in [0.717, 1.165) is 36.5 Å². The van der Waals surface area contributed by atoms with Crippen LogP contribution in [0.25, 0.3) is 11.3 Å². The molecular weight excluding hydrogens is 262 g/mol. The summed E-state index contributed by atoms with van der Waals surface area (Å²) in [6.07, 6.45) is 6.46. The van der Waals surface area contributed by atoms with Gasteiger partial charge in [0.2, 0.25) is 0 Å². The average Bonchev–Trinajstić information content (AvgIpc) is 3.18. The summed E-state index contributed by atoms with van der Waals surface area (Å²) in [6, 6.07) is 10.4. The summed E-state index contributed by atoms with van der Waals surface area (Å²) >= 11 is 0. The first-order valence-electron chi connectivity index (χ1n) is 7.20. The van der Waals surface area contributed by atoms with Crippen LogP contribution < -0.4 is 5.32 Å². The van der Waals surface area contributed by atoms with Gasteiger partial charge in [0.15, 0.2) is 0 Å². The Morgan fingerprint density at radius 1 is 1.19 bits per heavy atom. The van der Waals surface area contributed by atoms with Crippen molar-refractivity contribution in [1.29, 1.82) is 0 Å². The number of benzene rings is 1. The van der Waals surface area contributed by atoms with Gasteiger partial charge in [0.1, 0.15) is 0 Å². The maximum Gasteiger partial charge on any atom is 0.0924 e. The van der Waals surface area contributed by atoms with Crippen molar-refractivity contribution in [3.63, 3.8) is 0 Å². The lowest BCUT2D eigenvalue weighted by Crippen LogP contribution is -2.08. The zero-order valence-electron chi connectivity index (χ0n) is 12.1. The Morgan fingerprint density at radius 3 is 2.76 bits per heavy atom. The number of aromatic nitrogens is 4. The smallest absolute Gasteiger partial charge is 0.0924 e. The number of imidazole rings is 1. The van der Waals surface area contributed by atoms with Gasteiger partial charge >= 0.3 is 0 Å². The molecular formula is C16H19N5. The molecule has 0 aliphatic heterocycles. The van der Waals surface area contributed by atoms with E-state index in [0.29, 0.717) is 0 Å². The number of aromatic amines is 1. The van der Waals surface area contributed by atoms with Crippen LogP contribution in [0.3, 0.4) is 0 Å². The largest absolute Gasteiger partial charge is 0.379 e. The van der Waals surface area contributed by atoms with E-state index in [4.69, 9.17) is 0 Å². The Kier molecular flexibility index (Phi) is 4.00. The number of hydrogen-bond donors (Lipinski definition) is 2. The molecule has 21 heavy (non-hydrogen) atoms. The lowest BCUT2D eigenvalue weighted by atomic mass is 10.1. The van der Waals surface area contributed by atoms with Crippen LogP contribution in [-0.2, 0) is 13.1 Å². The highest BCUT2D eigenvalue weighted by Gasteiger charge is 2.02. The van der Waals surface area contributed by atoms with Crippen molar-refractivity contribution >= 4 is 5.69 Å². The first kappa shape index (κ1) is 13.4. The molecule has 5 heteroatoms. The van der Waals surface area contributed by atoms with Crippen LogP contribution in [0.1, 0.15) is 19.0 Å². The number of nitrogens with one attached hydrogen (secondary N) is 2. The molecule has 1 aromatic carbocycles. The monoisotopic (exact) mass is 281 g/mol. The van der Waals surface area contributed by atoms with Crippen molar-refractivity contribution in [3.8, 4) is 11.3 Å². The zero-order valence-corrected chi connectivity index (χ0v) is 12.1. The van der Waals surface area contributed by atoms with Gasteiger partial charge in [0, 0.05) is 18.4 Å². The Morgan fingerprint density at radius 2 is 2.05 bits per heavy atom. The molecule has 0 unspecified atom stereocenters. The van der Waals surface area contributed by atoms with E-state index in [1.807, 2.05) is 17.1 Å². The van der Waals surface area contributed by atoms with Crippen molar-refractivity contribution in [2.45, 2.75) is 26.4 Å². The van der Waals surface area contributed by atoms with E-state index in [2.05, 4.69) is 57.6 Å². The molecule has 0 atom stereocenters. The number of nitrogens with zero attached hydrogens (tertiary/aromatic N) is 3. The zero-order chi connectivity index (χ0) is 14.5. The molecule has 0 fully saturated rings. The minimum absolute atomic E-state index is 0.781. The molecule has 0 radical (unpaired) electrons. The number of aryl methyl sites for hydroxylation is 1. The lowest BCUT2D eigenvalue weighted by molar-refractivity contribution is 0.578. The molecule has 0 aliphatic rings. The number of rotatable bonds is 6. The molecule has 5 nitrogen and oxygen atoms in total. The summed E-state index contributed by atoms with van der Waals surface area (Å²) in [4.78, 5) is 7.14. The number of hydrogen-bond acceptors (Lipinski definition) is 3. The van der Waals surface area contributed by atoms with Gasteiger partial charge in [0.05, 0.1) is 30.5 Å². The van der Waals surface area contributed by atoms with Crippen molar-refractivity contribution in [1.82, 2.24) is 19.7 Å². The van der Waals surface area contributed by atoms with E-state index in [1.54, 1.807) is 6.33 Å². The summed E-state index contributed by atoms with van der Waals surface area (Å²) < 4.78 is 2.05. The average molecular weight is 281 g/mol.